The van der Waals surface area contributed by atoms with Crippen LogP contribution in [0.15, 0.2) is 45.8 Å². The SMILES string of the molecule is Nc1c(Oc2cc(F)ccc2Br)cccc1S(N)(=O)=O. The van der Waals surface area contributed by atoms with Gasteiger partial charge in [-0.2, -0.15) is 0 Å². The van der Waals surface area contributed by atoms with Crippen LogP contribution in [0.5, 0.6) is 11.5 Å². The maximum absolute atomic E-state index is 13.2. The highest BCUT2D eigenvalue weighted by Crippen LogP contribution is 2.35. The Bertz CT molecular complexity index is 765. The third-order valence-corrected chi connectivity index (χ3v) is 4.07. The molecule has 106 valence electrons. The van der Waals surface area contributed by atoms with Gasteiger partial charge in [-0.3, -0.25) is 0 Å². The van der Waals surface area contributed by atoms with Crippen molar-refractivity contribution in [2.75, 3.05) is 5.73 Å². The van der Waals surface area contributed by atoms with E-state index >= 15 is 0 Å². The van der Waals surface area contributed by atoms with Crippen molar-refractivity contribution in [1.82, 2.24) is 0 Å². The van der Waals surface area contributed by atoms with Crippen molar-refractivity contribution in [2.24, 2.45) is 5.14 Å². The molecule has 0 aliphatic rings. The molecule has 0 fully saturated rings. The fourth-order valence-electron chi connectivity index (χ4n) is 1.53. The van der Waals surface area contributed by atoms with Gasteiger partial charge in [0.25, 0.3) is 0 Å². The van der Waals surface area contributed by atoms with E-state index in [1.807, 2.05) is 0 Å². The van der Waals surface area contributed by atoms with E-state index in [1.54, 1.807) is 0 Å². The fourth-order valence-corrected chi connectivity index (χ4v) is 2.54. The molecule has 2 aromatic rings. The van der Waals surface area contributed by atoms with Crippen LogP contribution in [0.2, 0.25) is 0 Å². The van der Waals surface area contributed by atoms with Gasteiger partial charge < -0.3 is 10.5 Å². The van der Waals surface area contributed by atoms with E-state index in [9.17, 15) is 12.8 Å². The Morgan fingerprint density at radius 3 is 2.50 bits per heavy atom. The van der Waals surface area contributed by atoms with Gasteiger partial charge in [-0.15, -0.1) is 0 Å². The predicted octanol–water partition coefficient (Wildman–Crippen LogP) is 2.61. The van der Waals surface area contributed by atoms with Gasteiger partial charge in [-0.1, -0.05) is 6.07 Å². The van der Waals surface area contributed by atoms with Crippen molar-refractivity contribution < 1.29 is 17.5 Å². The normalized spacial score (nSPS) is 11.3. The summed E-state index contributed by atoms with van der Waals surface area (Å²) < 4.78 is 41.8. The van der Waals surface area contributed by atoms with E-state index in [1.165, 1.54) is 30.3 Å². The van der Waals surface area contributed by atoms with Gasteiger partial charge in [0, 0.05) is 6.07 Å². The van der Waals surface area contributed by atoms with E-state index in [4.69, 9.17) is 15.6 Å². The highest BCUT2D eigenvalue weighted by atomic mass is 79.9. The van der Waals surface area contributed by atoms with Crippen LogP contribution in [0.25, 0.3) is 0 Å². The number of primary sulfonamides is 1. The van der Waals surface area contributed by atoms with Crippen LogP contribution < -0.4 is 15.6 Å². The van der Waals surface area contributed by atoms with Crippen molar-refractivity contribution >= 4 is 31.6 Å². The molecule has 20 heavy (non-hydrogen) atoms. The molecule has 0 heterocycles. The lowest BCUT2D eigenvalue weighted by Gasteiger charge is -2.12. The van der Waals surface area contributed by atoms with Crippen LogP contribution >= 0.6 is 15.9 Å². The van der Waals surface area contributed by atoms with Gasteiger partial charge in [0.1, 0.15) is 16.5 Å². The zero-order chi connectivity index (χ0) is 14.9. The van der Waals surface area contributed by atoms with E-state index in [0.29, 0.717) is 4.47 Å². The minimum atomic E-state index is -3.96. The van der Waals surface area contributed by atoms with Crippen molar-refractivity contribution in [1.29, 1.82) is 0 Å². The van der Waals surface area contributed by atoms with Gasteiger partial charge in [-0.05, 0) is 40.2 Å². The van der Waals surface area contributed by atoms with E-state index in [-0.39, 0.29) is 22.1 Å². The summed E-state index contributed by atoms with van der Waals surface area (Å²) in [5, 5.41) is 5.04. The highest BCUT2D eigenvalue weighted by Gasteiger charge is 2.16. The van der Waals surface area contributed by atoms with Gasteiger partial charge in [0.15, 0.2) is 5.75 Å². The summed E-state index contributed by atoms with van der Waals surface area (Å²) in [6.45, 7) is 0. The molecule has 0 amide bonds. The Hall–Kier alpha value is -1.64. The van der Waals surface area contributed by atoms with Crippen LogP contribution in [0, 0.1) is 5.82 Å². The quantitative estimate of drug-likeness (QED) is 0.822. The molecule has 0 saturated heterocycles. The summed E-state index contributed by atoms with van der Waals surface area (Å²) in [6, 6.07) is 8.01. The van der Waals surface area contributed by atoms with Gasteiger partial charge in [0.05, 0.1) is 10.2 Å². The molecule has 0 aromatic heterocycles. The third-order valence-electron chi connectivity index (χ3n) is 2.45. The number of nitrogen functional groups attached to an aromatic ring is 1. The van der Waals surface area contributed by atoms with Crippen LogP contribution in [0.3, 0.4) is 0 Å². The average Bonchev–Trinajstić information content (AvgIpc) is 2.35. The zero-order valence-corrected chi connectivity index (χ0v) is 12.4. The molecule has 0 atom stereocenters. The predicted molar refractivity (Wildman–Crippen MR) is 76.4 cm³/mol. The van der Waals surface area contributed by atoms with E-state index in [2.05, 4.69) is 15.9 Å². The Balaban J connectivity index is 2.47. The molecule has 0 saturated carbocycles. The summed E-state index contributed by atoms with van der Waals surface area (Å²) in [5.74, 6) is -0.254. The van der Waals surface area contributed by atoms with Crippen molar-refractivity contribution in [2.45, 2.75) is 4.90 Å². The van der Waals surface area contributed by atoms with Crippen LogP contribution in [-0.4, -0.2) is 8.42 Å². The lowest BCUT2D eigenvalue weighted by molar-refractivity contribution is 0.474. The maximum Gasteiger partial charge on any atom is 0.240 e. The Labute approximate surface area is 123 Å². The Morgan fingerprint density at radius 1 is 1.15 bits per heavy atom. The molecule has 5 nitrogen and oxygen atoms in total. The first-order chi connectivity index (χ1) is 9.29. The van der Waals surface area contributed by atoms with Crippen LogP contribution in [-0.2, 0) is 10.0 Å². The lowest BCUT2D eigenvalue weighted by Crippen LogP contribution is -2.14. The second kappa shape index (κ2) is 5.39. The summed E-state index contributed by atoms with van der Waals surface area (Å²) in [5.41, 5.74) is 5.58. The topological polar surface area (TPSA) is 95.4 Å². The van der Waals surface area contributed by atoms with Crippen molar-refractivity contribution in [3.63, 3.8) is 0 Å². The largest absolute Gasteiger partial charge is 0.454 e. The number of anilines is 1. The molecule has 4 N–H and O–H groups in total. The van der Waals surface area contributed by atoms with Gasteiger partial charge >= 0.3 is 0 Å². The van der Waals surface area contributed by atoms with E-state index in [0.717, 1.165) is 6.07 Å². The standard InChI is InChI=1S/C12H10BrFN2O3S/c13-8-5-4-7(14)6-10(8)19-9-2-1-3-11(12(9)15)20(16,17)18/h1-6H,15H2,(H2,16,17,18). The lowest BCUT2D eigenvalue weighted by atomic mass is 10.3. The molecule has 2 aromatic carbocycles. The van der Waals surface area contributed by atoms with E-state index < -0.39 is 15.8 Å². The number of ether oxygens (including phenoxy) is 1. The van der Waals surface area contributed by atoms with Crippen LogP contribution in [0.4, 0.5) is 10.1 Å². The molecule has 0 aliphatic heterocycles. The maximum atomic E-state index is 13.2. The first kappa shape index (κ1) is 14.8. The average molecular weight is 361 g/mol. The molecule has 0 bridgehead atoms. The molecule has 8 heteroatoms. The van der Waals surface area contributed by atoms with Gasteiger partial charge in [-0.25, -0.2) is 17.9 Å². The zero-order valence-electron chi connectivity index (χ0n) is 10.0. The number of para-hydroxylation sites is 1. The summed E-state index contributed by atoms with van der Waals surface area (Å²) in [4.78, 5) is -0.248. The Kier molecular flexibility index (Phi) is 3.98. The summed E-state index contributed by atoms with van der Waals surface area (Å²) in [6.07, 6.45) is 0. The van der Waals surface area contributed by atoms with Crippen molar-refractivity contribution in [3.05, 3.63) is 46.7 Å². The molecule has 0 unspecified atom stereocenters. The molecular formula is C12H10BrFN2O3S. The summed E-state index contributed by atoms with van der Waals surface area (Å²) in [7, 11) is -3.96. The number of nitrogens with two attached hydrogens (primary N) is 2. The first-order valence-electron chi connectivity index (χ1n) is 5.33. The van der Waals surface area contributed by atoms with Gasteiger partial charge in [0.2, 0.25) is 10.0 Å². The number of sulfonamides is 1. The molecule has 0 aliphatic carbocycles. The first-order valence-corrected chi connectivity index (χ1v) is 7.67. The summed E-state index contributed by atoms with van der Waals surface area (Å²) >= 11 is 3.20. The second-order valence-electron chi connectivity index (χ2n) is 3.89. The van der Waals surface area contributed by atoms with Crippen LogP contribution in [0.1, 0.15) is 0 Å². The highest BCUT2D eigenvalue weighted by molar-refractivity contribution is 9.10. The number of halogens is 2. The number of benzene rings is 2. The molecule has 0 radical (unpaired) electrons. The number of rotatable bonds is 3. The minimum absolute atomic E-state index is 0.0721. The molecule has 0 spiro atoms. The monoisotopic (exact) mass is 360 g/mol. The smallest absolute Gasteiger partial charge is 0.240 e. The number of hydrogen-bond donors (Lipinski definition) is 2. The Morgan fingerprint density at radius 2 is 1.85 bits per heavy atom. The molecular weight excluding hydrogens is 351 g/mol. The minimum Gasteiger partial charge on any atom is -0.454 e. The molecule has 2 rings (SSSR count). The second-order valence-corrected chi connectivity index (χ2v) is 6.27. The number of hydrogen-bond acceptors (Lipinski definition) is 4. The van der Waals surface area contributed by atoms with Crippen molar-refractivity contribution in [3.8, 4) is 11.5 Å². The fraction of sp³-hybridized carbons (Fsp3) is 0. The third kappa shape index (κ3) is 3.09.